The molecule has 1 saturated heterocycles. The van der Waals surface area contributed by atoms with E-state index in [9.17, 15) is 14.7 Å². The van der Waals surface area contributed by atoms with Crippen LogP contribution in [0.4, 0.5) is 5.82 Å². The lowest BCUT2D eigenvalue weighted by molar-refractivity contribution is -0.132. The molecule has 0 unspecified atom stereocenters. The van der Waals surface area contributed by atoms with Crippen LogP contribution in [0.2, 0.25) is 0 Å². The summed E-state index contributed by atoms with van der Waals surface area (Å²) in [6, 6.07) is 14.5. The third-order valence-corrected chi connectivity index (χ3v) is 5.52. The molecule has 8 heteroatoms. The molecule has 2 heterocycles. The van der Waals surface area contributed by atoms with E-state index >= 15 is 0 Å². The minimum absolute atomic E-state index is 0.0299. The van der Waals surface area contributed by atoms with Gasteiger partial charge in [-0.15, -0.1) is 0 Å². The highest BCUT2D eigenvalue weighted by Crippen LogP contribution is 2.42. The summed E-state index contributed by atoms with van der Waals surface area (Å²) in [4.78, 5) is 27.3. The number of ether oxygens (including phenoxy) is 1. The Morgan fingerprint density at radius 1 is 1.22 bits per heavy atom. The highest BCUT2D eigenvalue weighted by molar-refractivity contribution is 9.10. The lowest BCUT2D eigenvalue weighted by Crippen LogP contribution is -2.29. The van der Waals surface area contributed by atoms with Gasteiger partial charge in [0.15, 0.2) is 5.82 Å². The molecule has 1 aromatic heterocycles. The van der Waals surface area contributed by atoms with Gasteiger partial charge in [-0.05, 0) is 48.9 Å². The molecular formula is C24H19BrN2O5. The normalized spacial score (nSPS) is 17.6. The molecule has 0 spiro atoms. The number of aliphatic hydroxyl groups is 1. The predicted molar refractivity (Wildman–Crippen MR) is 122 cm³/mol. The number of rotatable bonds is 6. The summed E-state index contributed by atoms with van der Waals surface area (Å²) >= 11 is 3.39. The first-order valence-electron chi connectivity index (χ1n) is 9.74. The van der Waals surface area contributed by atoms with Crippen molar-refractivity contribution < 1.29 is 24.0 Å². The monoisotopic (exact) mass is 494 g/mol. The van der Waals surface area contributed by atoms with Crippen molar-refractivity contribution in [1.82, 2.24) is 5.16 Å². The first kappa shape index (κ1) is 21.6. The number of hydrogen-bond donors (Lipinski definition) is 1. The van der Waals surface area contributed by atoms with Gasteiger partial charge in [0, 0.05) is 16.1 Å². The Balaban J connectivity index is 1.84. The van der Waals surface area contributed by atoms with Crippen LogP contribution in [0.1, 0.15) is 22.9 Å². The highest BCUT2D eigenvalue weighted by Gasteiger charge is 2.48. The van der Waals surface area contributed by atoms with Crippen LogP contribution < -0.4 is 9.64 Å². The number of carbonyl (C=O) groups excluding carboxylic acids is 2. The average molecular weight is 495 g/mol. The van der Waals surface area contributed by atoms with Crippen molar-refractivity contribution in [2.45, 2.75) is 13.0 Å². The van der Waals surface area contributed by atoms with E-state index in [2.05, 4.69) is 27.7 Å². The topological polar surface area (TPSA) is 92.9 Å². The summed E-state index contributed by atoms with van der Waals surface area (Å²) in [6.07, 6.45) is 1.62. The van der Waals surface area contributed by atoms with E-state index in [1.165, 1.54) is 4.90 Å². The molecule has 1 amide bonds. The number of aryl methyl sites for hydroxylation is 1. The van der Waals surface area contributed by atoms with Crippen LogP contribution in [0.3, 0.4) is 0 Å². The van der Waals surface area contributed by atoms with Gasteiger partial charge in [-0.3, -0.25) is 14.5 Å². The quantitative estimate of drug-likeness (QED) is 0.226. The molecule has 1 aliphatic heterocycles. The minimum atomic E-state index is -0.871. The fraction of sp³-hybridized carbons (Fsp3) is 0.125. The molecule has 0 aliphatic carbocycles. The van der Waals surface area contributed by atoms with Gasteiger partial charge >= 0.3 is 5.91 Å². The summed E-state index contributed by atoms with van der Waals surface area (Å²) in [7, 11) is 0. The molecule has 1 fully saturated rings. The van der Waals surface area contributed by atoms with E-state index in [1.807, 2.05) is 0 Å². The maximum absolute atomic E-state index is 13.1. The maximum Gasteiger partial charge on any atom is 0.301 e. The van der Waals surface area contributed by atoms with Gasteiger partial charge in [0.1, 0.15) is 23.9 Å². The van der Waals surface area contributed by atoms with E-state index in [1.54, 1.807) is 67.6 Å². The Morgan fingerprint density at radius 3 is 2.50 bits per heavy atom. The molecule has 4 rings (SSSR count). The van der Waals surface area contributed by atoms with Crippen molar-refractivity contribution in [2.75, 3.05) is 11.5 Å². The molecule has 2 aromatic carbocycles. The van der Waals surface area contributed by atoms with E-state index in [4.69, 9.17) is 9.26 Å². The molecule has 1 N–H and O–H groups in total. The Bertz CT molecular complexity index is 1210. The van der Waals surface area contributed by atoms with E-state index in [-0.39, 0.29) is 17.2 Å². The molecule has 32 heavy (non-hydrogen) atoms. The number of benzene rings is 2. The van der Waals surface area contributed by atoms with E-state index in [0.717, 1.165) is 4.47 Å². The molecule has 0 radical (unpaired) electrons. The van der Waals surface area contributed by atoms with Gasteiger partial charge in [-0.2, -0.15) is 0 Å². The van der Waals surface area contributed by atoms with Crippen molar-refractivity contribution in [3.05, 3.63) is 94.2 Å². The van der Waals surface area contributed by atoms with Crippen LogP contribution in [0.25, 0.3) is 5.76 Å². The van der Waals surface area contributed by atoms with Crippen LogP contribution in [-0.2, 0) is 9.59 Å². The van der Waals surface area contributed by atoms with E-state index in [0.29, 0.717) is 29.2 Å². The second-order valence-electron chi connectivity index (χ2n) is 7.14. The number of halogens is 1. The zero-order chi connectivity index (χ0) is 22.8. The van der Waals surface area contributed by atoms with Gasteiger partial charge in [0.2, 0.25) is 0 Å². The minimum Gasteiger partial charge on any atom is -0.507 e. The summed E-state index contributed by atoms with van der Waals surface area (Å²) in [5.41, 5.74) is 0.991. The van der Waals surface area contributed by atoms with Gasteiger partial charge < -0.3 is 14.4 Å². The Hall–Kier alpha value is -3.65. The van der Waals surface area contributed by atoms with Crippen LogP contribution >= 0.6 is 15.9 Å². The van der Waals surface area contributed by atoms with Crippen LogP contribution in [0.15, 0.2) is 81.8 Å². The van der Waals surface area contributed by atoms with Gasteiger partial charge in [-0.25, -0.2) is 0 Å². The smallest absolute Gasteiger partial charge is 0.301 e. The fourth-order valence-electron chi connectivity index (χ4n) is 3.52. The van der Waals surface area contributed by atoms with Crippen LogP contribution in [0.5, 0.6) is 5.75 Å². The average Bonchev–Trinajstić information content (AvgIpc) is 3.33. The Labute approximate surface area is 192 Å². The molecular weight excluding hydrogens is 476 g/mol. The third kappa shape index (κ3) is 3.97. The first-order valence-corrected chi connectivity index (χ1v) is 10.5. The van der Waals surface area contributed by atoms with Crippen LogP contribution in [0, 0.1) is 6.92 Å². The molecule has 1 atom stereocenters. The van der Waals surface area contributed by atoms with Crippen molar-refractivity contribution in [3.63, 3.8) is 0 Å². The van der Waals surface area contributed by atoms with Crippen molar-refractivity contribution >= 4 is 39.2 Å². The molecule has 3 aromatic rings. The lowest BCUT2D eigenvalue weighted by Gasteiger charge is -2.22. The zero-order valence-corrected chi connectivity index (χ0v) is 18.7. The summed E-state index contributed by atoms with van der Waals surface area (Å²) in [6.45, 7) is 5.64. The number of aromatic nitrogens is 1. The fourth-order valence-corrected chi connectivity index (χ4v) is 3.78. The number of amides is 1. The Morgan fingerprint density at radius 2 is 1.91 bits per heavy atom. The van der Waals surface area contributed by atoms with Crippen molar-refractivity contribution in [2.24, 2.45) is 0 Å². The molecule has 1 aliphatic rings. The summed E-state index contributed by atoms with van der Waals surface area (Å²) < 4.78 is 11.4. The van der Waals surface area contributed by atoms with Gasteiger partial charge in [0.05, 0.1) is 11.6 Å². The van der Waals surface area contributed by atoms with Crippen molar-refractivity contribution in [1.29, 1.82) is 0 Å². The molecule has 0 saturated carbocycles. The number of carbonyl (C=O) groups is 2. The molecule has 7 nitrogen and oxygen atoms in total. The predicted octanol–water partition coefficient (Wildman–Crippen LogP) is 4.94. The van der Waals surface area contributed by atoms with Crippen LogP contribution in [-0.4, -0.2) is 28.6 Å². The van der Waals surface area contributed by atoms with Gasteiger partial charge in [0.25, 0.3) is 5.78 Å². The SMILES string of the molecule is C=CCOc1ccc(/C(O)=C2\C(=O)C(=O)N(c3cc(C)on3)[C@H]2c2ccc(Br)cc2)cc1. The highest BCUT2D eigenvalue weighted by atomic mass is 79.9. The van der Waals surface area contributed by atoms with E-state index < -0.39 is 17.7 Å². The maximum atomic E-state index is 13.1. The Kier molecular flexibility index (Phi) is 5.96. The largest absolute Gasteiger partial charge is 0.507 e. The lowest BCUT2D eigenvalue weighted by atomic mass is 9.95. The first-order chi connectivity index (χ1) is 15.4. The number of ketones is 1. The second-order valence-corrected chi connectivity index (χ2v) is 8.06. The number of anilines is 1. The molecule has 162 valence electrons. The summed E-state index contributed by atoms with van der Waals surface area (Å²) in [5.74, 6) is -0.600. The number of nitrogens with zero attached hydrogens (tertiary/aromatic N) is 2. The standard InChI is InChI=1S/C24H19BrN2O5/c1-3-12-31-18-10-6-16(7-11-18)22(28)20-21(15-4-8-17(25)9-5-15)27(24(30)23(20)29)19-13-14(2)32-26-19/h3-11,13,21,28H,1,12H2,2H3/b22-20+/t21-/m0/s1. The third-order valence-electron chi connectivity index (χ3n) is 4.99. The zero-order valence-electron chi connectivity index (χ0n) is 17.1. The second kappa shape index (κ2) is 8.84. The number of hydrogen-bond acceptors (Lipinski definition) is 6. The van der Waals surface area contributed by atoms with Gasteiger partial charge in [-0.1, -0.05) is 45.9 Å². The molecule has 0 bridgehead atoms. The summed E-state index contributed by atoms with van der Waals surface area (Å²) in [5, 5.41) is 15.0. The number of Topliss-reactive ketones (excluding diaryl/α,β-unsaturated/α-hetero) is 1. The number of aliphatic hydroxyl groups excluding tert-OH is 1. The van der Waals surface area contributed by atoms with Crippen molar-refractivity contribution in [3.8, 4) is 5.75 Å².